The molecule has 0 fully saturated rings. The van der Waals surface area contributed by atoms with Crippen LogP contribution in [0.1, 0.15) is 17.1 Å². The molecule has 0 aliphatic rings. The summed E-state index contributed by atoms with van der Waals surface area (Å²) >= 11 is 1.06. The zero-order valence-electron chi connectivity index (χ0n) is 12.0. The van der Waals surface area contributed by atoms with Crippen molar-refractivity contribution in [3.05, 3.63) is 33.3 Å². The Morgan fingerprint density at radius 3 is 2.29 bits per heavy atom. The summed E-state index contributed by atoms with van der Waals surface area (Å²) in [4.78, 5) is 27.4. The molecule has 0 unspecified atom stereocenters. The van der Waals surface area contributed by atoms with E-state index in [0.717, 1.165) is 23.1 Å². The molecule has 1 N–H and O–H groups in total. The standard InChI is InChI=1S/C12H14N6O2S/c1-6-5-7(2)15-12(14-6)21-10-9(18(19)20)8(3)16-11(13-4)17-10/h5H,1-4H3,(H,13,16,17). The third-order valence-corrected chi connectivity index (χ3v) is 3.43. The molecule has 0 bridgehead atoms. The molecule has 2 heterocycles. The average Bonchev–Trinajstić information content (AvgIpc) is 2.36. The molecule has 0 atom stereocenters. The minimum absolute atomic E-state index is 0.123. The summed E-state index contributed by atoms with van der Waals surface area (Å²) in [7, 11) is 1.66. The van der Waals surface area contributed by atoms with Gasteiger partial charge in [0.2, 0.25) is 5.95 Å². The molecule has 8 nitrogen and oxygen atoms in total. The van der Waals surface area contributed by atoms with E-state index in [2.05, 4.69) is 25.3 Å². The molecule has 2 aromatic heterocycles. The summed E-state index contributed by atoms with van der Waals surface area (Å²) in [5.74, 6) is 0.324. The van der Waals surface area contributed by atoms with Crippen molar-refractivity contribution in [1.82, 2.24) is 19.9 Å². The highest BCUT2D eigenvalue weighted by atomic mass is 32.2. The lowest BCUT2D eigenvalue weighted by atomic mass is 10.4. The summed E-state index contributed by atoms with van der Waals surface area (Å²) in [5, 5.41) is 14.7. The first-order valence-electron chi connectivity index (χ1n) is 6.11. The number of hydrogen-bond acceptors (Lipinski definition) is 8. The monoisotopic (exact) mass is 306 g/mol. The van der Waals surface area contributed by atoms with Crippen molar-refractivity contribution in [3.63, 3.8) is 0 Å². The Bertz CT molecular complexity index is 686. The maximum Gasteiger partial charge on any atom is 0.322 e. The SMILES string of the molecule is CNc1nc(C)c([N+](=O)[O-])c(Sc2nc(C)cc(C)n2)n1. The highest BCUT2D eigenvalue weighted by molar-refractivity contribution is 7.99. The van der Waals surface area contributed by atoms with Crippen molar-refractivity contribution in [3.8, 4) is 0 Å². The first kappa shape index (κ1) is 15.1. The van der Waals surface area contributed by atoms with Crippen LogP contribution in [0.15, 0.2) is 16.2 Å². The van der Waals surface area contributed by atoms with E-state index in [0.29, 0.717) is 16.8 Å². The van der Waals surface area contributed by atoms with Crippen LogP contribution in [0.25, 0.3) is 0 Å². The minimum atomic E-state index is -0.486. The Morgan fingerprint density at radius 1 is 1.14 bits per heavy atom. The fourth-order valence-corrected chi connectivity index (χ4v) is 2.76. The number of anilines is 1. The van der Waals surface area contributed by atoms with Crippen molar-refractivity contribution in [2.24, 2.45) is 0 Å². The smallest absolute Gasteiger partial charge is 0.322 e. The molecule has 0 aromatic carbocycles. The largest absolute Gasteiger partial charge is 0.357 e. The molecule has 0 aliphatic heterocycles. The van der Waals surface area contributed by atoms with E-state index in [-0.39, 0.29) is 10.7 Å². The fraction of sp³-hybridized carbons (Fsp3) is 0.333. The van der Waals surface area contributed by atoms with Gasteiger partial charge in [-0.25, -0.2) is 15.0 Å². The lowest BCUT2D eigenvalue weighted by molar-refractivity contribution is -0.389. The summed E-state index contributed by atoms with van der Waals surface area (Å²) in [6, 6.07) is 1.84. The van der Waals surface area contributed by atoms with Gasteiger partial charge >= 0.3 is 5.69 Å². The van der Waals surface area contributed by atoms with Gasteiger partial charge in [-0.3, -0.25) is 10.1 Å². The highest BCUT2D eigenvalue weighted by Gasteiger charge is 2.23. The Kier molecular flexibility index (Phi) is 4.32. The molecule has 9 heteroatoms. The summed E-state index contributed by atoms with van der Waals surface area (Å²) < 4.78 is 0. The first-order chi connectivity index (χ1) is 9.90. The number of hydrogen-bond donors (Lipinski definition) is 1. The predicted molar refractivity (Wildman–Crippen MR) is 78.6 cm³/mol. The maximum absolute atomic E-state index is 11.2. The topological polar surface area (TPSA) is 107 Å². The fourth-order valence-electron chi connectivity index (χ4n) is 1.76. The van der Waals surface area contributed by atoms with Crippen LogP contribution in [0.3, 0.4) is 0 Å². The second-order valence-corrected chi connectivity index (χ2v) is 5.28. The van der Waals surface area contributed by atoms with Gasteiger partial charge in [0.25, 0.3) is 0 Å². The molecular weight excluding hydrogens is 292 g/mol. The zero-order chi connectivity index (χ0) is 15.6. The van der Waals surface area contributed by atoms with Gasteiger partial charge in [0, 0.05) is 18.4 Å². The lowest BCUT2D eigenvalue weighted by Gasteiger charge is -2.07. The molecule has 0 saturated heterocycles. The number of aryl methyl sites for hydroxylation is 3. The van der Waals surface area contributed by atoms with Gasteiger partial charge in [-0.15, -0.1) is 0 Å². The van der Waals surface area contributed by atoms with Crippen LogP contribution in [0.2, 0.25) is 0 Å². The van der Waals surface area contributed by atoms with Crippen LogP contribution in [-0.2, 0) is 0 Å². The Hall–Kier alpha value is -2.29. The third kappa shape index (κ3) is 3.43. The van der Waals surface area contributed by atoms with Gasteiger partial charge in [0.1, 0.15) is 5.69 Å². The number of nitrogens with one attached hydrogen (secondary N) is 1. The van der Waals surface area contributed by atoms with Crippen LogP contribution in [0.5, 0.6) is 0 Å². The predicted octanol–water partition coefficient (Wildman–Crippen LogP) is 2.29. The molecule has 110 valence electrons. The van der Waals surface area contributed by atoms with E-state index < -0.39 is 4.92 Å². The molecule has 0 saturated carbocycles. The van der Waals surface area contributed by atoms with Crippen LogP contribution in [0.4, 0.5) is 11.6 Å². The van der Waals surface area contributed by atoms with Crippen LogP contribution < -0.4 is 5.32 Å². The number of rotatable bonds is 4. The van der Waals surface area contributed by atoms with E-state index in [9.17, 15) is 10.1 Å². The average molecular weight is 306 g/mol. The van der Waals surface area contributed by atoms with Crippen molar-refractivity contribution >= 4 is 23.4 Å². The van der Waals surface area contributed by atoms with E-state index >= 15 is 0 Å². The van der Waals surface area contributed by atoms with Crippen LogP contribution in [0, 0.1) is 30.9 Å². The maximum atomic E-state index is 11.2. The lowest BCUT2D eigenvalue weighted by Crippen LogP contribution is -2.05. The van der Waals surface area contributed by atoms with Gasteiger partial charge in [0.05, 0.1) is 4.92 Å². The van der Waals surface area contributed by atoms with Crippen molar-refractivity contribution in [2.75, 3.05) is 12.4 Å². The second-order valence-electron chi connectivity index (χ2n) is 4.33. The Balaban J connectivity index is 2.51. The third-order valence-electron chi connectivity index (χ3n) is 2.58. The highest BCUT2D eigenvalue weighted by Crippen LogP contribution is 2.33. The van der Waals surface area contributed by atoms with E-state index in [1.54, 1.807) is 14.0 Å². The van der Waals surface area contributed by atoms with Gasteiger partial charge in [-0.1, -0.05) is 0 Å². The van der Waals surface area contributed by atoms with E-state index in [1.165, 1.54) is 0 Å². The van der Waals surface area contributed by atoms with Crippen molar-refractivity contribution in [2.45, 2.75) is 31.0 Å². The first-order valence-corrected chi connectivity index (χ1v) is 6.93. The minimum Gasteiger partial charge on any atom is -0.357 e. The Morgan fingerprint density at radius 2 is 1.76 bits per heavy atom. The summed E-state index contributed by atoms with van der Waals surface area (Å²) in [6.45, 7) is 5.27. The van der Waals surface area contributed by atoms with Crippen LogP contribution >= 0.6 is 11.8 Å². The normalized spacial score (nSPS) is 10.5. The number of nitro groups is 1. The number of aromatic nitrogens is 4. The summed E-state index contributed by atoms with van der Waals surface area (Å²) in [6.07, 6.45) is 0. The molecular formula is C12H14N6O2S. The molecule has 0 spiro atoms. The van der Waals surface area contributed by atoms with Crippen LogP contribution in [-0.4, -0.2) is 31.9 Å². The number of nitrogens with zero attached hydrogens (tertiary/aromatic N) is 5. The molecule has 2 rings (SSSR count). The van der Waals surface area contributed by atoms with Gasteiger partial charge in [-0.05, 0) is 38.6 Å². The van der Waals surface area contributed by atoms with Gasteiger partial charge < -0.3 is 5.32 Å². The van der Waals surface area contributed by atoms with E-state index in [4.69, 9.17) is 0 Å². The van der Waals surface area contributed by atoms with Crippen molar-refractivity contribution < 1.29 is 4.92 Å². The van der Waals surface area contributed by atoms with E-state index in [1.807, 2.05) is 19.9 Å². The second kappa shape index (κ2) is 6.00. The molecule has 0 radical (unpaired) electrons. The Labute approximate surface area is 125 Å². The zero-order valence-corrected chi connectivity index (χ0v) is 12.9. The summed E-state index contributed by atoms with van der Waals surface area (Å²) in [5.41, 5.74) is 1.77. The van der Waals surface area contributed by atoms with Gasteiger partial charge in [-0.2, -0.15) is 4.98 Å². The van der Waals surface area contributed by atoms with Gasteiger partial charge in [0.15, 0.2) is 10.2 Å². The molecule has 21 heavy (non-hydrogen) atoms. The van der Waals surface area contributed by atoms with Crippen molar-refractivity contribution in [1.29, 1.82) is 0 Å². The molecule has 2 aromatic rings. The quantitative estimate of drug-likeness (QED) is 0.397. The molecule has 0 amide bonds. The molecule has 0 aliphatic carbocycles.